The molecule has 0 aliphatic heterocycles. The number of H-pyrrole nitrogens is 2. The molecule has 2 aromatic heterocycles. The summed E-state index contributed by atoms with van der Waals surface area (Å²) in [5, 5.41) is 7.14. The lowest BCUT2D eigenvalue weighted by molar-refractivity contribution is 0.640. The maximum Gasteiger partial charge on any atom is 0.145 e. The molecule has 0 saturated heterocycles. The standard InChI is InChI=1S/C11H9FN4/c12-7-2-1-3-8-11(7)6(5-14-8)9-4-10(13)16-15-9/h1-5,14H,(H3,13,15,16). The van der Waals surface area contributed by atoms with Crippen molar-refractivity contribution < 1.29 is 4.39 Å². The van der Waals surface area contributed by atoms with Gasteiger partial charge in [0.15, 0.2) is 0 Å². The molecule has 5 heteroatoms. The molecule has 0 saturated carbocycles. The van der Waals surface area contributed by atoms with Crippen molar-refractivity contribution in [3.63, 3.8) is 0 Å². The van der Waals surface area contributed by atoms with Crippen LogP contribution in [-0.2, 0) is 0 Å². The third-order valence-corrected chi connectivity index (χ3v) is 2.54. The minimum absolute atomic E-state index is 0.262. The summed E-state index contributed by atoms with van der Waals surface area (Å²) in [4.78, 5) is 3.01. The Kier molecular flexibility index (Phi) is 1.73. The molecule has 3 aromatic rings. The van der Waals surface area contributed by atoms with Gasteiger partial charge in [-0.3, -0.25) is 5.10 Å². The van der Waals surface area contributed by atoms with Gasteiger partial charge in [-0.25, -0.2) is 4.39 Å². The summed E-state index contributed by atoms with van der Waals surface area (Å²) in [6, 6.07) is 6.59. The summed E-state index contributed by atoms with van der Waals surface area (Å²) in [5.74, 6) is 0.127. The van der Waals surface area contributed by atoms with Crippen molar-refractivity contribution in [3.8, 4) is 11.3 Å². The molecule has 0 aliphatic carbocycles. The third-order valence-electron chi connectivity index (χ3n) is 2.54. The van der Waals surface area contributed by atoms with Gasteiger partial charge in [0, 0.05) is 28.7 Å². The lowest BCUT2D eigenvalue weighted by Gasteiger charge is -1.96. The van der Waals surface area contributed by atoms with E-state index in [9.17, 15) is 4.39 Å². The van der Waals surface area contributed by atoms with Gasteiger partial charge < -0.3 is 10.7 Å². The van der Waals surface area contributed by atoms with Crippen molar-refractivity contribution in [2.45, 2.75) is 0 Å². The van der Waals surface area contributed by atoms with Crippen LogP contribution in [0.3, 0.4) is 0 Å². The fraction of sp³-hybridized carbons (Fsp3) is 0. The molecule has 16 heavy (non-hydrogen) atoms. The maximum atomic E-state index is 13.7. The second-order valence-electron chi connectivity index (χ2n) is 3.57. The fourth-order valence-electron chi connectivity index (χ4n) is 1.83. The average Bonchev–Trinajstić information content (AvgIpc) is 2.84. The zero-order chi connectivity index (χ0) is 11.1. The Morgan fingerprint density at radius 1 is 1.31 bits per heavy atom. The monoisotopic (exact) mass is 216 g/mol. The molecule has 0 spiro atoms. The summed E-state index contributed by atoms with van der Waals surface area (Å²) in [6.45, 7) is 0. The number of anilines is 1. The van der Waals surface area contributed by atoms with E-state index in [0.29, 0.717) is 16.9 Å². The number of aromatic nitrogens is 3. The summed E-state index contributed by atoms with van der Waals surface area (Å²) in [6.07, 6.45) is 1.74. The first-order valence-corrected chi connectivity index (χ1v) is 4.82. The Morgan fingerprint density at radius 2 is 2.19 bits per heavy atom. The number of benzene rings is 1. The molecule has 0 atom stereocenters. The van der Waals surface area contributed by atoms with Crippen molar-refractivity contribution in [2.75, 3.05) is 5.73 Å². The first kappa shape index (κ1) is 8.96. The summed E-state index contributed by atoms with van der Waals surface area (Å²) >= 11 is 0. The highest BCUT2D eigenvalue weighted by Gasteiger charge is 2.11. The van der Waals surface area contributed by atoms with Crippen molar-refractivity contribution in [1.29, 1.82) is 0 Å². The highest BCUT2D eigenvalue weighted by atomic mass is 19.1. The largest absolute Gasteiger partial charge is 0.382 e. The van der Waals surface area contributed by atoms with Gasteiger partial charge in [-0.15, -0.1) is 0 Å². The van der Waals surface area contributed by atoms with Crippen molar-refractivity contribution >= 4 is 16.7 Å². The quantitative estimate of drug-likeness (QED) is 0.584. The van der Waals surface area contributed by atoms with E-state index in [1.807, 2.05) is 6.07 Å². The number of halogens is 1. The molecule has 80 valence electrons. The van der Waals surface area contributed by atoms with Crippen LogP contribution in [0, 0.1) is 5.82 Å². The normalized spacial score (nSPS) is 11.1. The third kappa shape index (κ3) is 1.18. The first-order valence-electron chi connectivity index (χ1n) is 4.82. The van der Waals surface area contributed by atoms with E-state index in [-0.39, 0.29) is 5.82 Å². The van der Waals surface area contributed by atoms with E-state index in [0.717, 1.165) is 11.1 Å². The van der Waals surface area contributed by atoms with Gasteiger partial charge in [0.05, 0.1) is 5.69 Å². The van der Waals surface area contributed by atoms with Gasteiger partial charge in [0.1, 0.15) is 11.6 Å². The van der Waals surface area contributed by atoms with E-state index in [2.05, 4.69) is 15.2 Å². The molecule has 0 unspecified atom stereocenters. The Hall–Kier alpha value is -2.30. The van der Waals surface area contributed by atoms with Gasteiger partial charge in [-0.1, -0.05) is 6.07 Å². The van der Waals surface area contributed by atoms with Crippen LogP contribution >= 0.6 is 0 Å². The van der Waals surface area contributed by atoms with E-state index >= 15 is 0 Å². The predicted molar refractivity (Wildman–Crippen MR) is 60.3 cm³/mol. The Bertz CT molecular complexity index is 653. The lowest BCUT2D eigenvalue weighted by atomic mass is 10.1. The minimum Gasteiger partial charge on any atom is -0.382 e. The zero-order valence-corrected chi connectivity index (χ0v) is 8.29. The van der Waals surface area contributed by atoms with Crippen molar-refractivity contribution in [1.82, 2.24) is 15.2 Å². The van der Waals surface area contributed by atoms with Crippen molar-refractivity contribution in [3.05, 3.63) is 36.3 Å². The van der Waals surface area contributed by atoms with Gasteiger partial charge in [0.25, 0.3) is 0 Å². The van der Waals surface area contributed by atoms with Crippen LogP contribution in [0.15, 0.2) is 30.5 Å². The number of nitrogens with zero attached hydrogens (tertiary/aromatic N) is 1. The predicted octanol–water partition coefficient (Wildman–Crippen LogP) is 2.28. The zero-order valence-electron chi connectivity index (χ0n) is 8.29. The second-order valence-corrected chi connectivity index (χ2v) is 3.57. The fourth-order valence-corrected chi connectivity index (χ4v) is 1.83. The van der Waals surface area contributed by atoms with E-state index in [1.165, 1.54) is 6.07 Å². The van der Waals surface area contributed by atoms with Crippen LogP contribution in [0.4, 0.5) is 10.2 Å². The Labute approximate surface area is 90.3 Å². The number of fused-ring (bicyclic) bond motifs is 1. The van der Waals surface area contributed by atoms with Crippen LogP contribution in [0.1, 0.15) is 0 Å². The summed E-state index contributed by atoms with van der Waals surface area (Å²) in [7, 11) is 0. The Morgan fingerprint density at radius 3 is 2.94 bits per heavy atom. The molecule has 3 rings (SSSR count). The molecular weight excluding hydrogens is 207 g/mol. The van der Waals surface area contributed by atoms with Crippen LogP contribution < -0.4 is 5.73 Å². The van der Waals surface area contributed by atoms with Gasteiger partial charge in [-0.05, 0) is 12.1 Å². The van der Waals surface area contributed by atoms with Crippen LogP contribution in [0.5, 0.6) is 0 Å². The molecule has 0 radical (unpaired) electrons. The molecule has 0 fully saturated rings. The van der Waals surface area contributed by atoms with E-state index in [1.54, 1.807) is 18.3 Å². The Balaban J connectivity index is 2.32. The minimum atomic E-state index is -0.262. The molecule has 0 amide bonds. The van der Waals surface area contributed by atoms with E-state index < -0.39 is 0 Å². The van der Waals surface area contributed by atoms with Crippen LogP contribution in [-0.4, -0.2) is 15.2 Å². The average molecular weight is 216 g/mol. The smallest absolute Gasteiger partial charge is 0.145 e. The van der Waals surface area contributed by atoms with Crippen LogP contribution in [0.2, 0.25) is 0 Å². The molecule has 1 aromatic carbocycles. The van der Waals surface area contributed by atoms with E-state index in [4.69, 9.17) is 5.73 Å². The molecule has 0 bridgehead atoms. The SMILES string of the molecule is Nc1cc(-c2c[nH]c3cccc(F)c23)[nH]n1. The van der Waals surface area contributed by atoms with Gasteiger partial charge in [-0.2, -0.15) is 5.10 Å². The van der Waals surface area contributed by atoms with Crippen LogP contribution in [0.25, 0.3) is 22.2 Å². The first-order chi connectivity index (χ1) is 7.75. The highest BCUT2D eigenvalue weighted by Crippen LogP contribution is 2.29. The second kappa shape index (κ2) is 3.10. The molecule has 4 nitrogen and oxygen atoms in total. The number of rotatable bonds is 1. The number of aromatic amines is 2. The number of nitrogens with one attached hydrogen (secondary N) is 2. The number of hydrogen-bond acceptors (Lipinski definition) is 2. The van der Waals surface area contributed by atoms with Crippen molar-refractivity contribution in [2.24, 2.45) is 0 Å². The topological polar surface area (TPSA) is 70.5 Å². The highest BCUT2D eigenvalue weighted by molar-refractivity contribution is 5.95. The van der Waals surface area contributed by atoms with Gasteiger partial charge >= 0.3 is 0 Å². The lowest BCUT2D eigenvalue weighted by Crippen LogP contribution is -1.81. The molecule has 0 aliphatic rings. The molecule has 2 heterocycles. The van der Waals surface area contributed by atoms with Gasteiger partial charge in [0.2, 0.25) is 0 Å². The number of nitrogens with two attached hydrogens (primary N) is 1. The summed E-state index contributed by atoms with van der Waals surface area (Å²) in [5.41, 5.74) is 7.71. The number of hydrogen-bond donors (Lipinski definition) is 3. The number of nitrogen functional groups attached to an aromatic ring is 1. The summed E-state index contributed by atoms with van der Waals surface area (Å²) < 4.78 is 13.7. The maximum absolute atomic E-state index is 13.7. The molecular formula is C11H9FN4. The molecule has 4 N–H and O–H groups in total.